The molecule has 3 aromatic rings. The first-order chi connectivity index (χ1) is 13.3. The molecule has 0 saturated heterocycles. The molecule has 0 bridgehead atoms. The van der Waals surface area contributed by atoms with E-state index in [1.165, 1.54) is 12.1 Å². The molecule has 2 heterocycles. The largest absolute Gasteiger partial charge is 0.343 e. The first-order valence-corrected chi connectivity index (χ1v) is 10.4. The van der Waals surface area contributed by atoms with Crippen LogP contribution in [-0.4, -0.2) is 18.2 Å². The summed E-state index contributed by atoms with van der Waals surface area (Å²) in [5.74, 6) is 0.207. The number of sulfone groups is 1. The number of anilines is 1. The number of allylic oxidation sites excluding steroid dienone is 2. The van der Waals surface area contributed by atoms with Gasteiger partial charge in [-0.2, -0.15) is 5.10 Å². The molecule has 0 radical (unpaired) electrons. The van der Waals surface area contributed by atoms with E-state index in [9.17, 15) is 12.8 Å². The maximum absolute atomic E-state index is 13.5. The van der Waals surface area contributed by atoms with Gasteiger partial charge in [0.2, 0.25) is 9.84 Å². The summed E-state index contributed by atoms with van der Waals surface area (Å²) < 4.78 is 42.0. The molecule has 1 aliphatic heterocycles. The van der Waals surface area contributed by atoms with Crippen molar-refractivity contribution in [3.05, 3.63) is 87.3 Å². The Morgan fingerprint density at radius 1 is 1.07 bits per heavy atom. The fourth-order valence-electron chi connectivity index (χ4n) is 3.40. The van der Waals surface area contributed by atoms with E-state index in [1.807, 2.05) is 13.0 Å². The van der Waals surface area contributed by atoms with Crippen LogP contribution >= 0.6 is 11.6 Å². The fraction of sp³-hybridized carbons (Fsp3) is 0.150. The van der Waals surface area contributed by atoms with Gasteiger partial charge in [-0.05, 0) is 55.8 Å². The van der Waals surface area contributed by atoms with Gasteiger partial charge in [0, 0.05) is 16.8 Å². The average molecular weight is 418 g/mol. The van der Waals surface area contributed by atoms with Gasteiger partial charge < -0.3 is 5.32 Å². The highest BCUT2D eigenvalue weighted by atomic mass is 35.5. The van der Waals surface area contributed by atoms with Crippen LogP contribution in [0.2, 0.25) is 5.02 Å². The van der Waals surface area contributed by atoms with Crippen LogP contribution in [0.4, 0.5) is 10.2 Å². The van der Waals surface area contributed by atoms with Crippen molar-refractivity contribution < 1.29 is 12.8 Å². The molecule has 5 nitrogen and oxygen atoms in total. The first-order valence-electron chi connectivity index (χ1n) is 8.57. The van der Waals surface area contributed by atoms with E-state index >= 15 is 0 Å². The third-order valence-corrected chi connectivity index (χ3v) is 6.89. The lowest BCUT2D eigenvalue weighted by Gasteiger charge is -2.30. The number of nitrogens with one attached hydrogen (secondary N) is 1. The van der Waals surface area contributed by atoms with Gasteiger partial charge >= 0.3 is 0 Å². The second-order valence-corrected chi connectivity index (χ2v) is 9.00. The van der Waals surface area contributed by atoms with Crippen molar-refractivity contribution >= 4 is 27.3 Å². The fourth-order valence-corrected chi connectivity index (χ4v) is 5.26. The molecular formula is C20H17ClFN3O2S. The van der Waals surface area contributed by atoms with Gasteiger partial charge in [0.25, 0.3) is 0 Å². The van der Waals surface area contributed by atoms with Gasteiger partial charge in [-0.15, -0.1) is 0 Å². The standard InChI is InChI=1S/C20H17ClFN3O2S/c1-12-11-18-23-13(2)20(28(26,27)17-9-7-16(22)8-10-17)19(25(18)24-12)14-3-5-15(21)6-4-14/h3-11,19,23H,1-2H3. The minimum Gasteiger partial charge on any atom is -0.343 e. The van der Waals surface area contributed by atoms with Crippen molar-refractivity contribution in [2.75, 3.05) is 5.32 Å². The minimum absolute atomic E-state index is 0.0244. The number of aryl methyl sites for hydroxylation is 1. The lowest BCUT2D eigenvalue weighted by molar-refractivity contribution is 0.562. The molecule has 28 heavy (non-hydrogen) atoms. The lowest BCUT2D eigenvalue weighted by atomic mass is 10.0. The first kappa shape index (κ1) is 18.7. The maximum Gasteiger partial charge on any atom is 0.206 e. The van der Waals surface area contributed by atoms with Crippen molar-refractivity contribution in [1.82, 2.24) is 9.78 Å². The van der Waals surface area contributed by atoms with Gasteiger partial charge in [-0.3, -0.25) is 0 Å². The second-order valence-electron chi connectivity index (χ2n) is 6.64. The quantitative estimate of drug-likeness (QED) is 0.627. The summed E-state index contributed by atoms with van der Waals surface area (Å²) in [7, 11) is -3.91. The molecule has 2 aromatic carbocycles. The Balaban J connectivity index is 1.95. The van der Waals surface area contributed by atoms with Gasteiger partial charge in [0.05, 0.1) is 15.5 Å². The number of halogens is 2. The molecule has 144 valence electrons. The van der Waals surface area contributed by atoms with E-state index < -0.39 is 21.7 Å². The second kappa shape index (κ2) is 6.76. The monoisotopic (exact) mass is 417 g/mol. The van der Waals surface area contributed by atoms with Crippen LogP contribution in [0.15, 0.2) is 70.1 Å². The van der Waals surface area contributed by atoms with Crippen molar-refractivity contribution in [1.29, 1.82) is 0 Å². The summed E-state index contributed by atoms with van der Waals surface area (Å²) in [6, 6.07) is 13.0. The van der Waals surface area contributed by atoms with Crippen LogP contribution in [0.25, 0.3) is 0 Å². The molecular weight excluding hydrogens is 401 g/mol. The highest BCUT2D eigenvalue weighted by molar-refractivity contribution is 7.95. The predicted molar refractivity (Wildman–Crippen MR) is 106 cm³/mol. The Kier molecular flexibility index (Phi) is 4.51. The molecule has 0 saturated carbocycles. The summed E-state index contributed by atoms with van der Waals surface area (Å²) in [5, 5.41) is 8.18. The van der Waals surface area contributed by atoms with Crippen molar-refractivity contribution in [2.45, 2.75) is 24.8 Å². The number of nitrogens with zero attached hydrogens (tertiary/aromatic N) is 2. The van der Waals surface area contributed by atoms with Crippen LogP contribution < -0.4 is 5.32 Å². The SMILES string of the molecule is CC1=C(S(=O)(=O)c2ccc(F)cc2)C(c2ccc(Cl)cc2)n2nc(C)cc2N1. The van der Waals surface area contributed by atoms with Crippen molar-refractivity contribution in [2.24, 2.45) is 0 Å². The topological polar surface area (TPSA) is 64.0 Å². The zero-order valence-electron chi connectivity index (χ0n) is 15.1. The van der Waals surface area contributed by atoms with E-state index in [-0.39, 0.29) is 9.80 Å². The Morgan fingerprint density at radius 3 is 2.36 bits per heavy atom. The summed E-state index contributed by atoms with van der Waals surface area (Å²) in [6.07, 6.45) is 0. The Labute approximate surface area is 167 Å². The Morgan fingerprint density at radius 2 is 1.71 bits per heavy atom. The number of rotatable bonds is 3. The van der Waals surface area contributed by atoms with E-state index in [1.54, 1.807) is 35.9 Å². The van der Waals surface area contributed by atoms with E-state index in [4.69, 9.17) is 11.6 Å². The normalized spacial score (nSPS) is 16.6. The van der Waals surface area contributed by atoms with Gasteiger partial charge in [0.1, 0.15) is 17.7 Å². The number of hydrogen-bond acceptors (Lipinski definition) is 4. The van der Waals surface area contributed by atoms with Crippen LogP contribution in [0.1, 0.15) is 24.2 Å². The zero-order valence-corrected chi connectivity index (χ0v) is 16.7. The molecule has 1 N–H and O–H groups in total. The number of benzene rings is 2. The van der Waals surface area contributed by atoms with Crippen LogP contribution in [0.3, 0.4) is 0 Å². The molecule has 0 aliphatic carbocycles. The van der Waals surface area contributed by atoms with E-state index in [0.717, 1.165) is 23.4 Å². The summed E-state index contributed by atoms with van der Waals surface area (Å²) in [6.45, 7) is 3.56. The van der Waals surface area contributed by atoms with E-state index in [0.29, 0.717) is 16.5 Å². The number of fused-ring (bicyclic) bond motifs is 1. The van der Waals surface area contributed by atoms with Gasteiger partial charge in [-0.1, -0.05) is 23.7 Å². The Bertz CT molecular complexity index is 1180. The maximum atomic E-state index is 13.5. The van der Waals surface area contributed by atoms with Crippen molar-refractivity contribution in [3.63, 3.8) is 0 Å². The lowest BCUT2D eigenvalue weighted by Crippen LogP contribution is -2.28. The van der Waals surface area contributed by atoms with Crippen molar-refractivity contribution in [3.8, 4) is 0 Å². The number of hydrogen-bond donors (Lipinski definition) is 1. The van der Waals surface area contributed by atoms with Gasteiger partial charge in [0.15, 0.2) is 0 Å². The molecule has 1 unspecified atom stereocenters. The predicted octanol–water partition coefficient (Wildman–Crippen LogP) is 4.70. The highest BCUT2D eigenvalue weighted by Crippen LogP contribution is 2.41. The summed E-state index contributed by atoms with van der Waals surface area (Å²) in [5.41, 5.74) is 1.99. The zero-order chi connectivity index (χ0) is 20.1. The number of aromatic nitrogens is 2. The molecule has 1 aromatic heterocycles. The Hall–Kier alpha value is -2.64. The van der Waals surface area contributed by atoms with E-state index in [2.05, 4.69) is 10.4 Å². The van der Waals surface area contributed by atoms with Crippen LogP contribution in [0.5, 0.6) is 0 Å². The third kappa shape index (κ3) is 3.10. The minimum atomic E-state index is -3.91. The molecule has 0 fully saturated rings. The summed E-state index contributed by atoms with van der Waals surface area (Å²) in [4.78, 5) is 0.188. The van der Waals surface area contributed by atoms with Crippen LogP contribution in [0, 0.1) is 12.7 Å². The smallest absolute Gasteiger partial charge is 0.206 e. The molecule has 0 spiro atoms. The molecule has 4 rings (SSSR count). The average Bonchev–Trinajstić information content (AvgIpc) is 3.01. The van der Waals surface area contributed by atoms with Crippen LogP contribution in [-0.2, 0) is 9.84 Å². The molecule has 1 aliphatic rings. The summed E-state index contributed by atoms with van der Waals surface area (Å²) >= 11 is 6.02. The highest BCUT2D eigenvalue weighted by Gasteiger charge is 2.37. The molecule has 0 amide bonds. The molecule has 1 atom stereocenters. The third-order valence-electron chi connectivity index (χ3n) is 4.64. The van der Waals surface area contributed by atoms with Gasteiger partial charge in [-0.25, -0.2) is 17.5 Å². The molecule has 8 heteroatoms.